The van der Waals surface area contributed by atoms with Crippen molar-refractivity contribution in [2.45, 2.75) is 30.5 Å². The van der Waals surface area contributed by atoms with E-state index in [9.17, 15) is 5.11 Å². The SMILES string of the molecule is CC(O)(CO)C(O)CC(O)S. The second-order valence-electron chi connectivity index (χ2n) is 2.75. The average molecular weight is 182 g/mol. The molecular weight excluding hydrogens is 168 g/mol. The molecule has 68 valence electrons. The zero-order valence-corrected chi connectivity index (χ0v) is 7.20. The van der Waals surface area contributed by atoms with Crippen molar-refractivity contribution < 1.29 is 20.4 Å². The Hall–Kier alpha value is 0.190. The van der Waals surface area contributed by atoms with Gasteiger partial charge in [0.15, 0.2) is 0 Å². The van der Waals surface area contributed by atoms with Crippen LogP contribution in [0, 0.1) is 0 Å². The van der Waals surface area contributed by atoms with Gasteiger partial charge < -0.3 is 20.4 Å². The van der Waals surface area contributed by atoms with E-state index < -0.39 is 23.7 Å². The van der Waals surface area contributed by atoms with Crippen molar-refractivity contribution in [2.24, 2.45) is 0 Å². The van der Waals surface area contributed by atoms with Crippen LogP contribution in [-0.4, -0.2) is 44.2 Å². The predicted octanol–water partition coefficient (Wildman–Crippen LogP) is -1.27. The third-order valence-corrected chi connectivity index (χ3v) is 1.68. The Balaban J connectivity index is 3.90. The molecule has 3 atom stereocenters. The van der Waals surface area contributed by atoms with Crippen LogP contribution in [0.4, 0.5) is 0 Å². The number of hydrogen-bond acceptors (Lipinski definition) is 5. The van der Waals surface area contributed by atoms with E-state index in [0.29, 0.717) is 0 Å². The van der Waals surface area contributed by atoms with Gasteiger partial charge in [-0.25, -0.2) is 0 Å². The third kappa shape index (κ3) is 3.93. The number of aliphatic hydroxyl groups excluding tert-OH is 3. The summed E-state index contributed by atoms with van der Waals surface area (Å²) in [5, 5.41) is 35.6. The van der Waals surface area contributed by atoms with E-state index in [1.165, 1.54) is 6.92 Å². The summed E-state index contributed by atoms with van der Waals surface area (Å²) in [5.41, 5.74) is -2.55. The van der Waals surface area contributed by atoms with E-state index in [4.69, 9.17) is 15.3 Å². The summed E-state index contributed by atoms with van der Waals surface area (Å²) in [6.07, 6.45) is -1.24. The van der Waals surface area contributed by atoms with Gasteiger partial charge in [0.05, 0.1) is 18.1 Å². The zero-order chi connectivity index (χ0) is 9.07. The van der Waals surface area contributed by atoms with Gasteiger partial charge in [0.2, 0.25) is 0 Å². The normalized spacial score (nSPS) is 22.4. The van der Waals surface area contributed by atoms with Crippen LogP contribution < -0.4 is 0 Å². The van der Waals surface area contributed by atoms with Gasteiger partial charge in [0.1, 0.15) is 5.60 Å². The van der Waals surface area contributed by atoms with Gasteiger partial charge in [0.25, 0.3) is 0 Å². The second-order valence-corrected chi connectivity index (χ2v) is 3.34. The molecule has 0 aliphatic heterocycles. The molecule has 0 saturated heterocycles. The van der Waals surface area contributed by atoms with Crippen LogP contribution in [0.3, 0.4) is 0 Å². The van der Waals surface area contributed by atoms with Crippen molar-refractivity contribution in [3.8, 4) is 0 Å². The molecule has 0 aromatic rings. The second kappa shape index (κ2) is 4.27. The minimum absolute atomic E-state index is 0.0727. The van der Waals surface area contributed by atoms with Gasteiger partial charge in [0, 0.05) is 6.42 Å². The van der Waals surface area contributed by atoms with Crippen molar-refractivity contribution in [3.63, 3.8) is 0 Å². The Morgan fingerprint density at radius 3 is 2.18 bits per heavy atom. The lowest BCUT2D eigenvalue weighted by molar-refractivity contribution is -0.1000. The van der Waals surface area contributed by atoms with E-state index in [-0.39, 0.29) is 6.42 Å². The standard InChI is InChI=1S/C6H14O4S/c1-6(10,3-7)4(8)2-5(9)11/h4-5,7-11H,2-3H2,1H3. The molecule has 0 bridgehead atoms. The molecule has 0 radical (unpaired) electrons. The number of hydrogen-bond donors (Lipinski definition) is 5. The summed E-state index contributed by atoms with van der Waals surface area (Å²) in [6, 6.07) is 0. The lowest BCUT2D eigenvalue weighted by atomic mass is 9.98. The lowest BCUT2D eigenvalue weighted by Crippen LogP contribution is -2.43. The van der Waals surface area contributed by atoms with E-state index in [0.717, 1.165) is 0 Å². The fourth-order valence-corrected chi connectivity index (χ4v) is 0.759. The average Bonchev–Trinajstić information content (AvgIpc) is 1.86. The van der Waals surface area contributed by atoms with Gasteiger partial charge >= 0.3 is 0 Å². The highest BCUT2D eigenvalue weighted by molar-refractivity contribution is 7.80. The Morgan fingerprint density at radius 1 is 1.45 bits per heavy atom. The Labute approximate surface area is 70.9 Å². The summed E-state index contributed by atoms with van der Waals surface area (Å²) in [6.45, 7) is 0.739. The van der Waals surface area contributed by atoms with Crippen molar-refractivity contribution in [1.29, 1.82) is 0 Å². The van der Waals surface area contributed by atoms with Crippen LogP contribution >= 0.6 is 12.6 Å². The maximum atomic E-state index is 9.20. The fourth-order valence-electron chi connectivity index (χ4n) is 0.559. The monoisotopic (exact) mass is 182 g/mol. The molecule has 0 aliphatic rings. The topological polar surface area (TPSA) is 80.9 Å². The van der Waals surface area contributed by atoms with Gasteiger partial charge in [-0.2, -0.15) is 0 Å². The molecular formula is C6H14O4S. The summed E-state index contributed by atoms with van der Waals surface area (Å²) in [5.74, 6) is 0. The molecule has 0 fully saturated rings. The smallest absolute Gasteiger partial charge is 0.111 e. The molecule has 11 heavy (non-hydrogen) atoms. The highest BCUT2D eigenvalue weighted by atomic mass is 32.1. The number of rotatable bonds is 4. The van der Waals surface area contributed by atoms with Crippen LogP contribution in [0.1, 0.15) is 13.3 Å². The molecule has 0 saturated carbocycles. The molecule has 4 N–H and O–H groups in total. The number of aliphatic hydroxyl groups is 4. The first-order valence-electron chi connectivity index (χ1n) is 3.27. The third-order valence-electron chi connectivity index (χ3n) is 1.47. The minimum atomic E-state index is -1.57. The van der Waals surface area contributed by atoms with Crippen LogP contribution in [-0.2, 0) is 0 Å². The molecule has 0 spiro atoms. The maximum Gasteiger partial charge on any atom is 0.111 e. The first kappa shape index (κ1) is 11.2. The van der Waals surface area contributed by atoms with Crippen molar-refractivity contribution in [3.05, 3.63) is 0 Å². The fraction of sp³-hybridized carbons (Fsp3) is 1.00. The molecule has 3 unspecified atom stereocenters. The Morgan fingerprint density at radius 2 is 1.91 bits per heavy atom. The van der Waals surface area contributed by atoms with Crippen LogP contribution in [0.25, 0.3) is 0 Å². The highest BCUT2D eigenvalue weighted by Crippen LogP contribution is 2.14. The molecule has 0 amide bonds. The minimum Gasteiger partial charge on any atom is -0.393 e. The molecule has 0 aromatic heterocycles. The summed E-state index contributed by atoms with van der Waals surface area (Å²) in [4.78, 5) is 0. The Bertz CT molecular complexity index is 115. The van der Waals surface area contributed by atoms with E-state index in [1.54, 1.807) is 0 Å². The first-order valence-corrected chi connectivity index (χ1v) is 3.79. The van der Waals surface area contributed by atoms with Crippen LogP contribution in [0.2, 0.25) is 0 Å². The lowest BCUT2D eigenvalue weighted by Gasteiger charge is -2.27. The molecule has 0 aromatic carbocycles. The molecule has 0 aliphatic carbocycles. The maximum absolute atomic E-state index is 9.20. The molecule has 5 heteroatoms. The van der Waals surface area contributed by atoms with Gasteiger partial charge in [-0.3, -0.25) is 0 Å². The van der Waals surface area contributed by atoms with E-state index in [1.807, 2.05) is 0 Å². The van der Waals surface area contributed by atoms with Crippen molar-refractivity contribution in [2.75, 3.05) is 6.61 Å². The molecule has 0 heterocycles. The molecule has 4 nitrogen and oxygen atoms in total. The van der Waals surface area contributed by atoms with Crippen molar-refractivity contribution >= 4 is 12.6 Å². The van der Waals surface area contributed by atoms with Crippen LogP contribution in [0.15, 0.2) is 0 Å². The largest absolute Gasteiger partial charge is 0.393 e. The van der Waals surface area contributed by atoms with Gasteiger partial charge in [-0.1, -0.05) is 0 Å². The number of thiol groups is 1. The van der Waals surface area contributed by atoms with Crippen molar-refractivity contribution in [1.82, 2.24) is 0 Å². The first-order chi connectivity index (χ1) is 4.90. The van der Waals surface area contributed by atoms with E-state index in [2.05, 4.69) is 12.6 Å². The Kier molecular flexibility index (Phi) is 4.35. The van der Waals surface area contributed by atoms with E-state index >= 15 is 0 Å². The zero-order valence-electron chi connectivity index (χ0n) is 6.30. The molecule has 0 rings (SSSR count). The van der Waals surface area contributed by atoms with Gasteiger partial charge in [-0.05, 0) is 6.92 Å². The highest BCUT2D eigenvalue weighted by Gasteiger charge is 2.30. The quantitative estimate of drug-likeness (QED) is 0.277. The summed E-state index contributed by atoms with van der Waals surface area (Å²) < 4.78 is 0. The van der Waals surface area contributed by atoms with Gasteiger partial charge in [-0.15, -0.1) is 12.6 Å². The predicted molar refractivity (Wildman–Crippen MR) is 43.3 cm³/mol. The van der Waals surface area contributed by atoms with Crippen LogP contribution in [0.5, 0.6) is 0 Å². The summed E-state index contributed by atoms with van der Waals surface area (Å²) >= 11 is 3.61. The summed E-state index contributed by atoms with van der Waals surface area (Å²) in [7, 11) is 0.